The van der Waals surface area contributed by atoms with Gasteiger partial charge in [-0.3, -0.25) is 9.59 Å². The summed E-state index contributed by atoms with van der Waals surface area (Å²) < 4.78 is 12.0. The minimum absolute atomic E-state index is 0.000132. The second-order valence-corrected chi connectivity index (χ2v) is 17.4. The minimum atomic E-state index is 0.000132. The summed E-state index contributed by atoms with van der Waals surface area (Å²) in [5, 5.41) is 0. The lowest BCUT2D eigenvalue weighted by molar-refractivity contribution is -0.150. The van der Waals surface area contributed by atoms with E-state index in [0.717, 1.165) is 90.1 Å². The molecular formula is C51H98N2O4. The maximum absolute atomic E-state index is 12.7. The number of carbonyl (C=O) groups excluding carboxylic acids is 2. The standard InChI is InChI=1S/C51H98N2O4/c1-7-11-15-19-23-31-40-48(38-29-17-13-9-3)56-50(54)42-33-25-21-27-35-45-53(47-37-44-52(5)6)46-36-28-22-26-34-43-51(55)57-49(39-30-18-14-10-4)41-32-24-20-16-12-8-2/h23-24,31-32,48-49H,7-22,25-30,33-47H2,1-6H3/b31-23-,32-24-. The van der Waals surface area contributed by atoms with Gasteiger partial charge in [-0.05, 0) is 124 Å². The number of allylic oxidation sites excluding steroid dienone is 2. The molecule has 0 amide bonds. The monoisotopic (exact) mass is 803 g/mol. The molecule has 57 heavy (non-hydrogen) atoms. The molecule has 0 spiro atoms. The van der Waals surface area contributed by atoms with E-state index in [1.54, 1.807) is 0 Å². The first-order chi connectivity index (χ1) is 27.9. The molecule has 2 atom stereocenters. The molecule has 0 N–H and O–H groups in total. The van der Waals surface area contributed by atoms with Crippen LogP contribution in [0.25, 0.3) is 0 Å². The van der Waals surface area contributed by atoms with Crippen LogP contribution in [0.3, 0.4) is 0 Å². The zero-order valence-electron chi connectivity index (χ0n) is 39.2. The highest BCUT2D eigenvalue weighted by molar-refractivity contribution is 5.69. The van der Waals surface area contributed by atoms with Crippen LogP contribution in [0.2, 0.25) is 0 Å². The van der Waals surface area contributed by atoms with Gasteiger partial charge in [-0.15, -0.1) is 0 Å². The summed E-state index contributed by atoms with van der Waals surface area (Å²) >= 11 is 0. The van der Waals surface area contributed by atoms with Gasteiger partial charge in [0.1, 0.15) is 12.2 Å². The van der Waals surface area contributed by atoms with Crippen molar-refractivity contribution >= 4 is 11.9 Å². The van der Waals surface area contributed by atoms with Crippen LogP contribution in [0, 0.1) is 0 Å². The van der Waals surface area contributed by atoms with Crippen molar-refractivity contribution in [3.63, 3.8) is 0 Å². The van der Waals surface area contributed by atoms with Crippen molar-refractivity contribution in [2.24, 2.45) is 0 Å². The van der Waals surface area contributed by atoms with Crippen LogP contribution in [0.15, 0.2) is 24.3 Å². The van der Waals surface area contributed by atoms with E-state index >= 15 is 0 Å². The van der Waals surface area contributed by atoms with Crippen molar-refractivity contribution in [2.45, 2.75) is 252 Å². The lowest BCUT2D eigenvalue weighted by atomic mass is 10.1. The van der Waals surface area contributed by atoms with Gasteiger partial charge in [-0.2, -0.15) is 0 Å². The van der Waals surface area contributed by atoms with Crippen LogP contribution < -0.4 is 0 Å². The molecule has 0 aromatic rings. The first-order valence-corrected chi connectivity index (χ1v) is 24.9. The van der Waals surface area contributed by atoms with Gasteiger partial charge in [0.2, 0.25) is 0 Å². The molecule has 0 fully saturated rings. The number of unbranched alkanes of at least 4 members (excludes halogenated alkanes) is 20. The van der Waals surface area contributed by atoms with Crippen molar-refractivity contribution in [3.05, 3.63) is 24.3 Å². The van der Waals surface area contributed by atoms with Crippen LogP contribution >= 0.6 is 0 Å². The molecule has 0 bridgehead atoms. The van der Waals surface area contributed by atoms with E-state index in [1.165, 1.54) is 135 Å². The molecular weight excluding hydrogens is 705 g/mol. The van der Waals surface area contributed by atoms with Gasteiger partial charge in [0.05, 0.1) is 0 Å². The topological polar surface area (TPSA) is 59.1 Å². The molecule has 0 aromatic carbocycles. The van der Waals surface area contributed by atoms with Crippen LogP contribution in [0.5, 0.6) is 0 Å². The largest absolute Gasteiger partial charge is 0.462 e. The Labute approximate surface area is 356 Å². The fraction of sp³-hybridized carbons (Fsp3) is 0.882. The van der Waals surface area contributed by atoms with E-state index in [2.05, 4.69) is 75.9 Å². The van der Waals surface area contributed by atoms with E-state index in [0.29, 0.717) is 12.8 Å². The number of hydrogen-bond donors (Lipinski definition) is 0. The number of esters is 2. The normalized spacial score (nSPS) is 13.1. The molecule has 0 heterocycles. The number of ether oxygens (including phenoxy) is 2. The van der Waals surface area contributed by atoms with E-state index in [9.17, 15) is 9.59 Å². The Bertz CT molecular complexity index is 853. The molecule has 6 nitrogen and oxygen atoms in total. The molecule has 0 saturated carbocycles. The maximum atomic E-state index is 12.7. The second kappa shape index (κ2) is 43.9. The molecule has 0 aliphatic heterocycles. The Morgan fingerprint density at radius 1 is 0.421 bits per heavy atom. The van der Waals surface area contributed by atoms with Crippen molar-refractivity contribution in [1.82, 2.24) is 9.80 Å². The van der Waals surface area contributed by atoms with E-state index < -0.39 is 0 Å². The summed E-state index contributed by atoms with van der Waals surface area (Å²) in [4.78, 5) is 30.4. The Hall–Kier alpha value is -1.66. The molecule has 0 rings (SSSR count). The summed E-state index contributed by atoms with van der Waals surface area (Å²) in [6, 6.07) is 0. The van der Waals surface area contributed by atoms with Gasteiger partial charge in [0.15, 0.2) is 0 Å². The first-order valence-electron chi connectivity index (χ1n) is 24.9. The van der Waals surface area contributed by atoms with Gasteiger partial charge >= 0.3 is 11.9 Å². The molecule has 0 saturated heterocycles. The predicted octanol–water partition coefficient (Wildman–Crippen LogP) is 14.7. The number of rotatable bonds is 44. The molecule has 0 aromatic heterocycles. The van der Waals surface area contributed by atoms with Crippen LogP contribution in [-0.4, -0.2) is 74.2 Å². The van der Waals surface area contributed by atoms with Crippen molar-refractivity contribution < 1.29 is 19.1 Å². The maximum Gasteiger partial charge on any atom is 0.306 e. The Balaban J connectivity index is 4.42. The number of carbonyl (C=O) groups is 2. The fourth-order valence-corrected chi connectivity index (χ4v) is 7.51. The summed E-state index contributed by atoms with van der Waals surface area (Å²) in [5.41, 5.74) is 0. The predicted molar refractivity (Wildman–Crippen MR) is 248 cm³/mol. The summed E-state index contributed by atoms with van der Waals surface area (Å²) in [6.45, 7) is 13.6. The average molecular weight is 803 g/mol. The molecule has 0 aliphatic rings. The second-order valence-electron chi connectivity index (χ2n) is 17.4. The van der Waals surface area contributed by atoms with E-state index in [-0.39, 0.29) is 24.1 Å². The third-order valence-electron chi connectivity index (χ3n) is 11.2. The highest BCUT2D eigenvalue weighted by Gasteiger charge is 2.15. The van der Waals surface area contributed by atoms with Crippen molar-refractivity contribution in [2.75, 3.05) is 40.3 Å². The highest BCUT2D eigenvalue weighted by atomic mass is 16.5. The molecule has 6 heteroatoms. The average Bonchev–Trinajstić information content (AvgIpc) is 3.19. The third-order valence-corrected chi connectivity index (χ3v) is 11.2. The summed E-state index contributed by atoms with van der Waals surface area (Å²) in [7, 11) is 4.33. The van der Waals surface area contributed by atoms with Crippen molar-refractivity contribution in [3.8, 4) is 0 Å². The molecule has 0 aliphatic carbocycles. The smallest absolute Gasteiger partial charge is 0.306 e. The Morgan fingerprint density at radius 2 is 0.789 bits per heavy atom. The lowest BCUT2D eigenvalue weighted by Gasteiger charge is -2.23. The van der Waals surface area contributed by atoms with Crippen LogP contribution in [0.1, 0.15) is 240 Å². The van der Waals surface area contributed by atoms with Crippen molar-refractivity contribution in [1.29, 1.82) is 0 Å². The van der Waals surface area contributed by atoms with Crippen LogP contribution in [-0.2, 0) is 19.1 Å². The highest BCUT2D eigenvalue weighted by Crippen LogP contribution is 2.17. The molecule has 2 unspecified atom stereocenters. The van der Waals surface area contributed by atoms with Crippen LogP contribution in [0.4, 0.5) is 0 Å². The van der Waals surface area contributed by atoms with Gasteiger partial charge < -0.3 is 19.3 Å². The molecule has 336 valence electrons. The summed E-state index contributed by atoms with van der Waals surface area (Å²) in [6.07, 6.45) is 46.2. The first kappa shape index (κ1) is 55.3. The van der Waals surface area contributed by atoms with Gasteiger partial charge in [0, 0.05) is 25.7 Å². The van der Waals surface area contributed by atoms with E-state index in [4.69, 9.17) is 9.47 Å². The lowest BCUT2D eigenvalue weighted by Crippen LogP contribution is -2.29. The van der Waals surface area contributed by atoms with Gasteiger partial charge in [-0.25, -0.2) is 0 Å². The van der Waals surface area contributed by atoms with E-state index in [1.807, 2.05) is 0 Å². The Kier molecular flexibility index (Phi) is 42.6. The third kappa shape index (κ3) is 40.9. The number of nitrogens with zero attached hydrogens (tertiary/aromatic N) is 2. The Morgan fingerprint density at radius 3 is 1.21 bits per heavy atom. The van der Waals surface area contributed by atoms with Gasteiger partial charge in [0.25, 0.3) is 0 Å². The summed E-state index contributed by atoms with van der Waals surface area (Å²) in [5.74, 6) is 0.000264. The molecule has 0 radical (unpaired) electrons. The quantitative estimate of drug-likeness (QED) is 0.0347. The fourth-order valence-electron chi connectivity index (χ4n) is 7.51. The zero-order valence-corrected chi connectivity index (χ0v) is 39.2. The minimum Gasteiger partial charge on any atom is -0.462 e. The number of hydrogen-bond acceptors (Lipinski definition) is 6. The van der Waals surface area contributed by atoms with Gasteiger partial charge in [-0.1, -0.05) is 155 Å². The SMILES string of the molecule is CCCCC/C=C\CC(CCCCCC)OC(=O)CCCCCCCN(CCCCCCCC(=O)OC(C/C=C\CCCCC)CCCCCC)CCCN(C)C. The zero-order chi connectivity index (χ0) is 41.9.